The lowest BCUT2D eigenvalue weighted by Gasteiger charge is -2.06. The summed E-state index contributed by atoms with van der Waals surface area (Å²) < 4.78 is 12.4. The summed E-state index contributed by atoms with van der Waals surface area (Å²) in [5.41, 5.74) is 2.96. The fourth-order valence-electron chi connectivity index (χ4n) is 2.60. The van der Waals surface area contributed by atoms with Crippen LogP contribution in [0.3, 0.4) is 0 Å². The Morgan fingerprint density at radius 1 is 1.04 bits per heavy atom. The smallest absolute Gasteiger partial charge is 0.185 e. The molecular weight excluding hydrogens is 392 g/mol. The minimum atomic E-state index is -0.0677. The van der Waals surface area contributed by atoms with Gasteiger partial charge in [-0.25, -0.2) is 0 Å². The number of allylic oxidation sites excluding steroid dienone is 1. The van der Waals surface area contributed by atoms with Crippen molar-refractivity contribution in [2.24, 2.45) is 0 Å². The van der Waals surface area contributed by atoms with Crippen molar-refractivity contribution in [3.8, 4) is 5.75 Å². The summed E-state index contributed by atoms with van der Waals surface area (Å²) in [6.45, 7) is 4.42. The maximum absolute atomic E-state index is 12.1. The lowest BCUT2D eigenvalue weighted by Crippen LogP contribution is -1.94. The van der Waals surface area contributed by atoms with Crippen molar-refractivity contribution >= 4 is 27.8 Å². The van der Waals surface area contributed by atoms with Crippen LogP contribution in [-0.4, -0.2) is 5.78 Å². The molecule has 4 heteroatoms. The zero-order valence-electron chi connectivity index (χ0n) is 14.7. The van der Waals surface area contributed by atoms with Gasteiger partial charge in [0, 0.05) is 10.0 Å². The normalized spacial score (nSPS) is 11.0. The van der Waals surface area contributed by atoms with E-state index in [0.717, 1.165) is 21.3 Å². The first-order chi connectivity index (χ1) is 12.5. The molecule has 26 heavy (non-hydrogen) atoms. The molecule has 0 radical (unpaired) electrons. The van der Waals surface area contributed by atoms with Crippen LogP contribution in [0.25, 0.3) is 6.08 Å². The minimum absolute atomic E-state index is 0.0677. The van der Waals surface area contributed by atoms with Crippen LogP contribution in [0.2, 0.25) is 0 Å². The van der Waals surface area contributed by atoms with Crippen LogP contribution in [0.5, 0.6) is 5.75 Å². The Morgan fingerprint density at radius 3 is 2.42 bits per heavy atom. The highest BCUT2D eigenvalue weighted by molar-refractivity contribution is 9.10. The summed E-state index contributed by atoms with van der Waals surface area (Å²) in [4.78, 5) is 12.1. The number of benzene rings is 2. The number of carbonyl (C=O) groups excluding carboxylic acids is 1. The molecule has 2 aromatic carbocycles. The molecule has 0 unspecified atom stereocenters. The molecule has 0 aliphatic rings. The van der Waals surface area contributed by atoms with E-state index in [9.17, 15) is 4.79 Å². The molecule has 3 nitrogen and oxygen atoms in total. The van der Waals surface area contributed by atoms with Crippen LogP contribution >= 0.6 is 15.9 Å². The van der Waals surface area contributed by atoms with E-state index in [1.54, 1.807) is 18.2 Å². The van der Waals surface area contributed by atoms with E-state index in [-0.39, 0.29) is 5.78 Å². The summed E-state index contributed by atoms with van der Waals surface area (Å²) in [5.74, 6) is 2.08. The predicted octanol–water partition coefficient (Wildman–Crippen LogP) is 6.13. The van der Waals surface area contributed by atoms with Crippen LogP contribution in [0.15, 0.2) is 69.6 Å². The molecule has 0 saturated heterocycles. The van der Waals surface area contributed by atoms with Crippen LogP contribution < -0.4 is 4.74 Å². The van der Waals surface area contributed by atoms with Gasteiger partial charge >= 0.3 is 0 Å². The molecule has 0 saturated carbocycles. The SMILES string of the molecule is Cc1cc(C)cc(OCc2ccc(/C=C/C(=O)c3ccc(Br)cc3)o2)c1. The topological polar surface area (TPSA) is 39.4 Å². The number of carbonyl (C=O) groups is 1. The lowest BCUT2D eigenvalue weighted by atomic mass is 10.1. The zero-order valence-corrected chi connectivity index (χ0v) is 16.2. The number of ether oxygens (including phenoxy) is 1. The molecule has 132 valence electrons. The molecule has 0 N–H and O–H groups in total. The fraction of sp³-hybridized carbons (Fsp3) is 0.136. The maximum atomic E-state index is 12.1. The molecule has 0 bridgehead atoms. The first kappa shape index (κ1) is 18.2. The molecule has 0 aliphatic carbocycles. The number of furan rings is 1. The maximum Gasteiger partial charge on any atom is 0.185 e. The summed E-state index contributed by atoms with van der Waals surface area (Å²) in [6, 6.07) is 17.0. The van der Waals surface area contributed by atoms with Crippen LogP contribution in [-0.2, 0) is 6.61 Å². The van der Waals surface area contributed by atoms with E-state index in [1.165, 1.54) is 6.08 Å². The molecule has 0 spiro atoms. The molecule has 1 aromatic heterocycles. The van der Waals surface area contributed by atoms with Crippen molar-refractivity contribution in [2.75, 3.05) is 0 Å². The van der Waals surface area contributed by atoms with Gasteiger partial charge in [0.15, 0.2) is 5.78 Å². The number of halogens is 1. The fourth-order valence-corrected chi connectivity index (χ4v) is 2.86. The summed E-state index contributed by atoms with van der Waals surface area (Å²) in [5, 5.41) is 0. The van der Waals surface area contributed by atoms with E-state index < -0.39 is 0 Å². The highest BCUT2D eigenvalue weighted by Crippen LogP contribution is 2.19. The van der Waals surface area contributed by atoms with Gasteiger partial charge in [-0.1, -0.05) is 22.0 Å². The quantitative estimate of drug-likeness (QED) is 0.362. The minimum Gasteiger partial charge on any atom is -0.486 e. The van der Waals surface area contributed by atoms with Crippen LogP contribution in [0.1, 0.15) is 33.0 Å². The van der Waals surface area contributed by atoms with Crippen molar-refractivity contribution in [3.05, 3.63) is 93.4 Å². The van der Waals surface area contributed by atoms with Gasteiger partial charge in [-0.15, -0.1) is 0 Å². The first-order valence-corrected chi connectivity index (χ1v) is 9.07. The third-order valence-corrected chi connectivity index (χ3v) is 4.32. The van der Waals surface area contributed by atoms with Gasteiger partial charge in [-0.3, -0.25) is 4.79 Å². The molecule has 0 aliphatic heterocycles. The van der Waals surface area contributed by atoms with Gasteiger partial charge in [0.1, 0.15) is 23.9 Å². The molecular formula is C22H19BrO3. The van der Waals surface area contributed by atoms with Gasteiger partial charge in [-0.05, 0) is 85.7 Å². The van der Waals surface area contributed by atoms with Crippen molar-refractivity contribution in [1.82, 2.24) is 0 Å². The summed E-state index contributed by atoms with van der Waals surface area (Å²) >= 11 is 3.36. The summed E-state index contributed by atoms with van der Waals surface area (Å²) in [6.07, 6.45) is 3.18. The molecule has 0 fully saturated rings. The van der Waals surface area contributed by atoms with Crippen molar-refractivity contribution in [1.29, 1.82) is 0 Å². The molecule has 0 amide bonds. The van der Waals surface area contributed by atoms with Gasteiger partial charge in [-0.2, -0.15) is 0 Å². The number of ketones is 1. The lowest BCUT2D eigenvalue weighted by molar-refractivity contribution is 0.104. The monoisotopic (exact) mass is 410 g/mol. The first-order valence-electron chi connectivity index (χ1n) is 8.27. The molecule has 0 atom stereocenters. The number of hydrogen-bond donors (Lipinski definition) is 0. The third kappa shape index (κ3) is 4.96. The van der Waals surface area contributed by atoms with Gasteiger partial charge in [0.25, 0.3) is 0 Å². The average molecular weight is 411 g/mol. The van der Waals surface area contributed by atoms with E-state index in [4.69, 9.17) is 9.15 Å². The average Bonchev–Trinajstić information content (AvgIpc) is 3.06. The highest BCUT2D eigenvalue weighted by Gasteiger charge is 2.04. The second kappa shape index (κ2) is 8.19. The number of rotatable bonds is 6. The Hall–Kier alpha value is -2.59. The van der Waals surface area contributed by atoms with Crippen molar-refractivity contribution in [3.63, 3.8) is 0 Å². The standard InChI is InChI=1S/C22H19BrO3/c1-15-11-16(2)13-21(12-15)25-14-20-8-7-19(26-20)9-10-22(24)17-3-5-18(23)6-4-17/h3-13H,14H2,1-2H3/b10-9+. The third-order valence-electron chi connectivity index (χ3n) is 3.79. The predicted molar refractivity (Wildman–Crippen MR) is 106 cm³/mol. The number of hydrogen-bond acceptors (Lipinski definition) is 3. The molecule has 3 rings (SSSR count). The second-order valence-electron chi connectivity index (χ2n) is 6.12. The largest absolute Gasteiger partial charge is 0.486 e. The Bertz CT molecular complexity index is 916. The Balaban J connectivity index is 1.60. The van der Waals surface area contributed by atoms with Gasteiger partial charge in [0.05, 0.1) is 0 Å². The molecule has 1 heterocycles. The zero-order chi connectivity index (χ0) is 18.5. The number of aryl methyl sites for hydroxylation is 2. The van der Waals surface area contributed by atoms with Gasteiger partial charge < -0.3 is 9.15 Å². The van der Waals surface area contributed by atoms with E-state index >= 15 is 0 Å². The second-order valence-corrected chi connectivity index (χ2v) is 7.04. The van der Waals surface area contributed by atoms with E-state index in [1.807, 2.05) is 50.2 Å². The van der Waals surface area contributed by atoms with Crippen LogP contribution in [0, 0.1) is 13.8 Å². The van der Waals surface area contributed by atoms with E-state index in [2.05, 4.69) is 22.0 Å². The van der Waals surface area contributed by atoms with Crippen molar-refractivity contribution < 1.29 is 13.9 Å². The highest BCUT2D eigenvalue weighted by atomic mass is 79.9. The Morgan fingerprint density at radius 2 is 1.73 bits per heavy atom. The van der Waals surface area contributed by atoms with E-state index in [0.29, 0.717) is 23.7 Å². The molecule has 3 aromatic rings. The summed E-state index contributed by atoms with van der Waals surface area (Å²) in [7, 11) is 0. The van der Waals surface area contributed by atoms with Crippen molar-refractivity contribution in [2.45, 2.75) is 20.5 Å². The van der Waals surface area contributed by atoms with Crippen LogP contribution in [0.4, 0.5) is 0 Å². The Kier molecular flexibility index (Phi) is 5.74. The van der Waals surface area contributed by atoms with Gasteiger partial charge in [0.2, 0.25) is 0 Å². The Labute approximate surface area is 161 Å².